The van der Waals surface area contributed by atoms with E-state index in [4.69, 9.17) is 5.11 Å². The summed E-state index contributed by atoms with van der Waals surface area (Å²) in [5.74, 6) is -3.02. The number of carbonyl (C=O) groups excluding carboxylic acids is 2. The van der Waals surface area contributed by atoms with E-state index in [1.54, 1.807) is 24.3 Å². The lowest BCUT2D eigenvalue weighted by atomic mass is 9.93. The third-order valence-electron chi connectivity index (χ3n) is 6.38. The molecule has 3 amide bonds. The van der Waals surface area contributed by atoms with Crippen LogP contribution < -0.4 is 15.5 Å². The zero-order chi connectivity index (χ0) is 27.8. The molecule has 1 aliphatic rings. The molecule has 0 spiro atoms. The summed E-state index contributed by atoms with van der Waals surface area (Å²) in [7, 11) is 0. The number of allylic oxidation sites excluding steroid dienone is 2. The van der Waals surface area contributed by atoms with Gasteiger partial charge in [-0.15, -0.1) is 0 Å². The second kappa shape index (κ2) is 12.8. The lowest BCUT2D eigenvalue weighted by Gasteiger charge is -2.24. The van der Waals surface area contributed by atoms with Gasteiger partial charge in [-0.1, -0.05) is 30.3 Å². The van der Waals surface area contributed by atoms with Gasteiger partial charge in [0, 0.05) is 29.5 Å². The largest absolute Gasteiger partial charge is 0.481 e. The van der Waals surface area contributed by atoms with Gasteiger partial charge in [0.1, 0.15) is 11.6 Å². The Morgan fingerprint density at radius 1 is 0.897 bits per heavy atom. The van der Waals surface area contributed by atoms with E-state index < -0.39 is 29.5 Å². The monoisotopic (exact) mass is 533 g/mol. The molecule has 4 rings (SSSR count). The molecule has 0 atom stereocenters. The molecule has 3 aromatic rings. The minimum Gasteiger partial charge on any atom is -0.481 e. The summed E-state index contributed by atoms with van der Waals surface area (Å²) in [5.41, 5.74) is 3.98. The molecule has 0 heterocycles. The number of urea groups is 1. The van der Waals surface area contributed by atoms with Crippen LogP contribution in [-0.2, 0) is 11.3 Å². The number of carbonyl (C=O) groups is 3. The Hall–Kier alpha value is -4.53. The first-order valence-corrected chi connectivity index (χ1v) is 12.7. The molecular weight excluding hydrogens is 504 g/mol. The van der Waals surface area contributed by atoms with Crippen LogP contribution in [0.25, 0.3) is 5.57 Å². The Balaban J connectivity index is 1.54. The SMILES string of the molecule is O=C(O)CCNC(=O)c1ccc(CN(C(=O)Nc2cc(F)cc(F)c2)c2ccc(C3=CCCCC3)cc2)cc1. The molecule has 0 bridgehead atoms. The average molecular weight is 534 g/mol. The fourth-order valence-electron chi connectivity index (χ4n) is 4.38. The van der Waals surface area contributed by atoms with Crippen molar-refractivity contribution in [1.82, 2.24) is 5.32 Å². The molecular formula is C30H29F2N3O4. The average Bonchev–Trinajstić information content (AvgIpc) is 2.92. The van der Waals surface area contributed by atoms with Crippen LogP contribution in [0.2, 0.25) is 0 Å². The summed E-state index contributed by atoms with van der Waals surface area (Å²) in [6.45, 7) is 0.129. The van der Waals surface area contributed by atoms with Gasteiger partial charge in [0.15, 0.2) is 0 Å². The number of benzene rings is 3. The first-order chi connectivity index (χ1) is 18.8. The van der Waals surface area contributed by atoms with Crippen molar-refractivity contribution in [1.29, 1.82) is 0 Å². The van der Waals surface area contributed by atoms with Crippen LogP contribution in [0.1, 0.15) is 53.6 Å². The van der Waals surface area contributed by atoms with Gasteiger partial charge in [-0.25, -0.2) is 13.6 Å². The molecule has 0 unspecified atom stereocenters. The van der Waals surface area contributed by atoms with E-state index in [0.717, 1.165) is 43.0 Å². The van der Waals surface area contributed by atoms with Gasteiger partial charge in [-0.05, 0) is 78.8 Å². The first-order valence-electron chi connectivity index (χ1n) is 12.7. The molecule has 0 saturated heterocycles. The maximum absolute atomic E-state index is 13.7. The molecule has 1 aliphatic carbocycles. The number of carboxylic acid groups (broad SMARTS) is 1. The maximum Gasteiger partial charge on any atom is 0.326 e. The summed E-state index contributed by atoms with van der Waals surface area (Å²) in [4.78, 5) is 37.7. The molecule has 0 aliphatic heterocycles. The minimum absolute atomic E-state index is 0.0113. The van der Waals surface area contributed by atoms with Crippen LogP contribution >= 0.6 is 0 Å². The lowest BCUT2D eigenvalue weighted by molar-refractivity contribution is -0.136. The van der Waals surface area contributed by atoms with E-state index in [0.29, 0.717) is 16.8 Å². The van der Waals surface area contributed by atoms with Crippen molar-refractivity contribution in [3.05, 3.63) is 101 Å². The number of aliphatic carboxylic acids is 1. The van der Waals surface area contributed by atoms with Gasteiger partial charge in [0.25, 0.3) is 5.91 Å². The van der Waals surface area contributed by atoms with Gasteiger partial charge >= 0.3 is 12.0 Å². The predicted octanol–water partition coefficient (Wildman–Crippen LogP) is 6.37. The molecule has 3 N–H and O–H groups in total. The molecule has 0 fully saturated rings. The number of rotatable bonds is 9. The highest BCUT2D eigenvalue weighted by Crippen LogP contribution is 2.29. The van der Waals surface area contributed by atoms with Gasteiger partial charge in [-0.3, -0.25) is 14.5 Å². The van der Waals surface area contributed by atoms with Crippen LogP contribution in [0.4, 0.5) is 25.0 Å². The molecule has 0 radical (unpaired) electrons. The van der Waals surface area contributed by atoms with Crippen LogP contribution in [0.15, 0.2) is 72.8 Å². The summed E-state index contributed by atoms with van der Waals surface area (Å²) in [6.07, 6.45) is 6.42. The van der Waals surface area contributed by atoms with E-state index in [9.17, 15) is 23.2 Å². The third-order valence-corrected chi connectivity index (χ3v) is 6.38. The summed E-state index contributed by atoms with van der Waals surface area (Å²) >= 11 is 0. The predicted molar refractivity (Wildman–Crippen MR) is 145 cm³/mol. The highest BCUT2D eigenvalue weighted by atomic mass is 19.1. The summed E-state index contributed by atoms with van der Waals surface area (Å²) in [5, 5.41) is 13.8. The number of nitrogens with one attached hydrogen (secondary N) is 2. The number of amides is 3. The Kier molecular flexibility index (Phi) is 9.04. The molecule has 3 aromatic carbocycles. The van der Waals surface area contributed by atoms with Crippen molar-refractivity contribution in [3.63, 3.8) is 0 Å². The van der Waals surface area contributed by atoms with Crippen molar-refractivity contribution in [2.45, 2.75) is 38.6 Å². The van der Waals surface area contributed by atoms with Crippen molar-refractivity contribution >= 4 is 34.9 Å². The zero-order valence-electron chi connectivity index (χ0n) is 21.3. The number of hydrogen-bond donors (Lipinski definition) is 3. The quantitative estimate of drug-likeness (QED) is 0.298. The maximum atomic E-state index is 13.7. The van der Waals surface area contributed by atoms with Gasteiger partial charge in [0.2, 0.25) is 0 Å². The fourth-order valence-corrected chi connectivity index (χ4v) is 4.38. The molecule has 39 heavy (non-hydrogen) atoms. The fraction of sp³-hybridized carbons (Fsp3) is 0.233. The minimum atomic E-state index is -1.01. The van der Waals surface area contributed by atoms with Crippen molar-refractivity contribution < 1.29 is 28.3 Å². The zero-order valence-corrected chi connectivity index (χ0v) is 21.3. The summed E-state index contributed by atoms with van der Waals surface area (Å²) < 4.78 is 27.4. The Morgan fingerprint density at radius 2 is 1.59 bits per heavy atom. The number of halogens is 2. The Morgan fingerprint density at radius 3 is 2.21 bits per heavy atom. The van der Waals surface area contributed by atoms with Crippen LogP contribution in [0.3, 0.4) is 0 Å². The van der Waals surface area contributed by atoms with Crippen molar-refractivity contribution in [2.75, 3.05) is 16.8 Å². The molecule has 7 nitrogen and oxygen atoms in total. The van der Waals surface area contributed by atoms with E-state index in [-0.39, 0.29) is 25.2 Å². The van der Waals surface area contributed by atoms with Crippen molar-refractivity contribution in [2.24, 2.45) is 0 Å². The molecule has 0 saturated carbocycles. The Labute approximate surface area is 225 Å². The second-order valence-electron chi connectivity index (χ2n) is 9.29. The van der Waals surface area contributed by atoms with Crippen molar-refractivity contribution in [3.8, 4) is 0 Å². The molecule has 0 aromatic heterocycles. The van der Waals surface area contributed by atoms with Gasteiger partial charge in [-0.2, -0.15) is 0 Å². The van der Waals surface area contributed by atoms with E-state index in [1.807, 2.05) is 24.3 Å². The third kappa shape index (κ3) is 7.73. The van der Waals surface area contributed by atoms with E-state index in [1.165, 1.54) is 16.9 Å². The lowest BCUT2D eigenvalue weighted by Crippen LogP contribution is -2.34. The first kappa shape index (κ1) is 27.5. The number of carboxylic acids is 1. The van der Waals surface area contributed by atoms with E-state index >= 15 is 0 Å². The topological polar surface area (TPSA) is 98.7 Å². The standard InChI is InChI=1S/C30H29F2N3O4/c31-24-16-25(32)18-26(17-24)34-30(39)35(27-12-10-22(11-13-27)21-4-2-1-3-5-21)19-20-6-8-23(9-7-20)29(38)33-15-14-28(36)37/h4,6-13,16-18H,1-3,5,14-15,19H2,(H,33,38)(H,34,39)(H,36,37). The number of hydrogen-bond acceptors (Lipinski definition) is 3. The molecule has 202 valence electrons. The number of nitrogens with zero attached hydrogens (tertiary/aromatic N) is 1. The van der Waals surface area contributed by atoms with Gasteiger partial charge < -0.3 is 15.7 Å². The van der Waals surface area contributed by atoms with Crippen LogP contribution in [-0.4, -0.2) is 29.6 Å². The number of anilines is 2. The smallest absolute Gasteiger partial charge is 0.326 e. The summed E-state index contributed by atoms with van der Waals surface area (Å²) in [6, 6.07) is 16.4. The van der Waals surface area contributed by atoms with E-state index in [2.05, 4.69) is 16.7 Å². The van der Waals surface area contributed by atoms with Crippen LogP contribution in [0, 0.1) is 11.6 Å². The normalized spacial score (nSPS) is 12.8. The van der Waals surface area contributed by atoms with Crippen LogP contribution in [0.5, 0.6) is 0 Å². The highest BCUT2D eigenvalue weighted by Gasteiger charge is 2.19. The highest BCUT2D eigenvalue weighted by molar-refractivity contribution is 6.01. The second-order valence-corrected chi connectivity index (χ2v) is 9.29. The van der Waals surface area contributed by atoms with Gasteiger partial charge in [0.05, 0.1) is 13.0 Å². The molecule has 9 heteroatoms. The Bertz CT molecular complexity index is 1350.